The lowest BCUT2D eigenvalue weighted by Gasteiger charge is -2.37. The van der Waals surface area contributed by atoms with Crippen LogP contribution in [0.5, 0.6) is 0 Å². The number of rotatable bonds is 6. The summed E-state index contributed by atoms with van der Waals surface area (Å²) in [7, 11) is -1.62. The van der Waals surface area contributed by atoms with Crippen LogP contribution < -0.4 is 0 Å². The Morgan fingerprint density at radius 2 is 1.76 bits per heavy atom. The van der Waals surface area contributed by atoms with Gasteiger partial charge in [-0.25, -0.2) is 0 Å². The van der Waals surface area contributed by atoms with Gasteiger partial charge < -0.3 is 4.43 Å². The third-order valence-corrected chi connectivity index (χ3v) is 7.94. The molecule has 0 aliphatic heterocycles. The van der Waals surface area contributed by atoms with Crippen LogP contribution in [0.2, 0.25) is 18.1 Å². The van der Waals surface area contributed by atoms with Crippen molar-refractivity contribution >= 4 is 8.32 Å². The fourth-order valence-corrected chi connectivity index (χ4v) is 2.60. The van der Waals surface area contributed by atoms with Crippen LogP contribution in [0.15, 0.2) is 24.3 Å². The van der Waals surface area contributed by atoms with Crippen LogP contribution in [-0.4, -0.2) is 14.4 Å². The molecule has 0 N–H and O–H groups in total. The summed E-state index contributed by atoms with van der Waals surface area (Å²) in [4.78, 5) is 0. The minimum absolute atomic E-state index is 0.210. The normalized spacial score (nSPS) is 15.9. The Hall–Kier alpha value is -0.343. The highest BCUT2D eigenvalue weighted by Crippen LogP contribution is 2.37. The second-order valence-corrected chi connectivity index (χ2v) is 10.9. The molecule has 0 heterocycles. The van der Waals surface area contributed by atoms with Gasteiger partial charge in [-0.05, 0) is 31.5 Å². The zero-order chi connectivity index (χ0) is 13.5. The molecule has 0 fully saturated rings. The molecule has 0 aromatic rings. The van der Waals surface area contributed by atoms with E-state index in [1.54, 1.807) is 0 Å². The molecule has 0 aromatic heterocycles. The molecule has 1 nitrogen and oxygen atoms in total. The maximum Gasteiger partial charge on any atom is 0.192 e. The topological polar surface area (TPSA) is 9.23 Å². The average Bonchev–Trinajstić information content (AvgIpc) is 2.14. The summed E-state index contributed by atoms with van der Waals surface area (Å²) < 4.78 is 6.23. The standard InChI is InChI=1S/C15H30OSi/c1-8-9-10-11-12-13-14(2)16-17(6,7)15(3,4)5/h10-14H,8-9H2,1-7H3/b11-10+,13-12+/t14-/m1/s1. The monoisotopic (exact) mass is 254 g/mol. The minimum Gasteiger partial charge on any atom is -0.411 e. The Balaban J connectivity index is 4.22. The lowest BCUT2D eigenvalue weighted by atomic mass is 10.2. The Kier molecular flexibility index (Phi) is 7.03. The van der Waals surface area contributed by atoms with Gasteiger partial charge in [0.2, 0.25) is 0 Å². The first-order valence-electron chi connectivity index (χ1n) is 6.72. The molecule has 1 atom stereocenters. The highest BCUT2D eigenvalue weighted by molar-refractivity contribution is 6.74. The van der Waals surface area contributed by atoms with Crippen LogP contribution in [0.1, 0.15) is 47.5 Å². The van der Waals surface area contributed by atoms with Crippen molar-refractivity contribution in [1.82, 2.24) is 0 Å². The second kappa shape index (κ2) is 7.17. The van der Waals surface area contributed by atoms with Gasteiger partial charge in [-0.15, -0.1) is 0 Å². The van der Waals surface area contributed by atoms with Crippen LogP contribution in [-0.2, 0) is 4.43 Å². The smallest absolute Gasteiger partial charge is 0.192 e. The number of hydrogen-bond donors (Lipinski definition) is 0. The van der Waals surface area contributed by atoms with Gasteiger partial charge in [-0.3, -0.25) is 0 Å². The average molecular weight is 254 g/mol. The summed E-state index contributed by atoms with van der Waals surface area (Å²) in [5, 5.41) is 0.285. The molecule has 0 bridgehead atoms. The molecule has 2 heteroatoms. The first-order chi connectivity index (χ1) is 7.70. The van der Waals surface area contributed by atoms with Crippen molar-refractivity contribution in [1.29, 1.82) is 0 Å². The van der Waals surface area contributed by atoms with E-state index >= 15 is 0 Å². The van der Waals surface area contributed by atoms with E-state index in [0.717, 1.165) is 6.42 Å². The Bertz CT molecular complexity index is 259. The number of hydrogen-bond acceptors (Lipinski definition) is 1. The van der Waals surface area contributed by atoms with Gasteiger partial charge in [0, 0.05) is 0 Å². The molecule has 0 radical (unpaired) electrons. The first kappa shape index (κ1) is 16.7. The van der Waals surface area contributed by atoms with E-state index in [1.165, 1.54) is 6.42 Å². The SMILES string of the molecule is CCC/C=C/C=C/[C@@H](C)O[Si](C)(C)C(C)(C)C. The third-order valence-electron chi connectivity index (χ3n) is 3.37. The van der Waals surface area contributed by atoms with Gasteiger partial charge in [0.15, 0.2) is 8.32 Å². The molecule has 0 aliphatic carbocycles. The first-order valence-corrected chi connectivity index (χ1v) is 9.62. The molecular formula is C15H30OSi. The Morgan fingerprint density at radius 3 is 2.24 bits per heavy atom. The fraction of sp³-hybridized carbons (Fsp3) is 0.733. The predicted molar refractivity (Wildman–Crippen MR) is 80.9 cm³/mol. The van der Waals surface area contributed by atoms with Gasteiger partial charge in [-0.1, -0.05) is 58.4 Å². The van der Waals surface area contributed by atoms with Crippen molar-refractivity contribution in [2.75, 3.05) is 0 Å². The van der Waals surface area contributed by atoms with E-state index in [1.807, 2.05) is 0 Å². The van der Waals surface area contributed by atoms with Gasteiger partial charge in [-0.2, -0.15) is 0 Å². The summed E-state index contributed by atoms with van der Waals surface area (Å²) >= 11 is 0. The quantitative estimate of drug-likeness (QED) is 0.461. The maximum absolute atomic E-state index is 6.23. The summed E-state index contributed by atoms with van der Waals surface area (Å²) in [6.45, 7) is 15.7. The highest BCUT2D eigenvalue weighted by Gasteiger charge is 2.37. The lowest BCUT2D eigenvalue weighted by molar-refractivity contribution is 0.243. The third kappa shape index (κ3) is 6.84. The van der Waals surface area contributed by atoms with Crippen molar-refractivity contribution in [2.45, 2.75) is 71.7 Å². The van der Waals surface area contributed by atoms with E-state index in [9.17, 15) is 0 Å². The van der Waals surface area contributed by atoms with Gasteiger partial charge in [0.25, 0.3) is 0 Å². The van der Waals surface area contributed by atoms with Crippen molar-refractivity contribution in [3.63, 3.8) is 0 Å². The van der Waals surface area contributed by atoms with Crippen molar-refractivity contribution in [3.8, 4) is 0 Å². The van der Waals surface area contributed by atoms with E-state index < -0.39 is 8.32 Å². The van der Waals surface area contributed by atoms with Crippen molar-refractivity contribution in [2.24, 2.45) is 0 Å². The molecule has 0 aliphatic rings. The zero-order valence-electron chi connectivity index (χ0n) is 12.7. The van der Waals surface area contributed by atoms with Crippen LogP contribution in [0.4, 0.5) is 0 Å². The summed E-state index contributed by atoms with van der Waals surface area (Å²) in [6.07, 6.45) is 11.1. The molecule has 0 spiro atoms. The van der Waals surface area contributed by atoms with E-state index in [4.69, 9.17) is 4.43 Å². The summed E-state index contributed by atoms with van der Waals surface area (Å²) in [5.41, 5.74) is 0. The van der Waals surface area contributed by atoms with Gasteiger partial charge in [0.1, 0.15) is 0 Å². The van der Waals surface area contributed by atoms with Crippen LogP contribution >= 0.6 is 0 Å². The second-order valence-electron chi connectivity index (χ2n) is 6.19. The van der Waals surface area contributed by atoms with Gasteiger partial charge >= 0.3 is 0 Å². The molecule has 17 heavy (non-hydrogen) atoms. The van der Waals surface area contributed by atoms with E-state index in [2.05, 4.69) is 72.0 Å². The maximum atomic E-state index is 6.23. The largest absolute Gasteiger partial charge is 0.411 e. The molecule has 100 valence electrons. The van der Waals surface area contributed by atoms with Crippen LogP contribution in [0, 0.1) is 0 Å². The molecular weight excluding hydrogens is 224 g/mol. The van der Waals surface area contributed by atoms with Crippen LogP contribution in [0.25, 0.3) is 0 Å². The number of unbranched alkanes of at least 4 members (excludes halogenated alkanes) is 1. The highest BCUT2D eigenvalue weighted by atomic mass is 28.4. The lowest BCUT2D eigenvalue weighted by Crippen LogP contribution is -2.42. The predicted octanol–water partition coefficient (Wildman–Crippen LogP) is 5.31. The van der Waals surface area contributed by atoms with E-state index in [-0.39, 0.29) is 11.1 Å². The van der Waals surface area contributed by atoms with Crippen LogP contribution in [0.3, 0.4) is 0 Å². The van der Waals surface area contributed by atoms with Gasteiger partial charge in [0.05, 0.1) is 6.10 Å². The minimum atomic E-state index is -1.62. The van der Waals surface area contributed by atoms with E-state index in [0.29, 0.717) is 0 Å². The molecule has 0 amide bonds. The van der Waals surface area contributed by atoms with Crippen molar-refractivity contribution in [3.05, 3.63) is 24.3 Å². The van der Waals surface area contributed by atoms with Crippen molar-refractivity contribution < 1.29 is 4.43 Å². The molecule has 0 aromatic carbocycles. The zero-order valence-corrected chi connectivity index (χ0v) is 13.7. The summed E-state index contributed by atoms with van der Waals surface area (Å²) in [5.74, 6) is 0. The summed E-state index contributed by atoms with van der Waals surface area (Å²) in [6, 6.07) is 0. The molecule has 0 saturated heterocycles. The molecule has 0 rings (SSSR count). The molecule has 0 unspecified atom stereocenters. The molecule has 0 saturated carbocycles. The fourth-order valence-electron chi connectivity index (χ4n) is 1.24. The Labute approximate surface area is 109 Å². The Morgan fingerprint density at radius 1 is 1.18 bits per heavy atom. The number of allylic oxidation sites excluding steroid dienone is 3.